The van der Waals surface area contributed by atoms with E-state index in [0.717, 1.165) is 0 Å². The Kier molecular flexibility index (Phi) is 6.58. The van der Waals surface area contributed by atoms with Crippen LogP contribution in [0.1, 0.15) is 17.4 Å². The maximum atomic E-state index is 12.9. The summed E-state index contributed by atoms with van der Waals surface area (Å²) in [6.07, 6.45) is 1.48. The monoisotopic (exact) mass is 415 g/mol. The lowest BCUT2D eigenvalue weighted by atomic mass is 10.3. The van der Waals surface area contributed by atoms with E-state index in [2.05, 4.69) is 5.10 Å². The molecule has 1 aromatic heterocycles. The number of nitro benzene ring substituents is 1. The summed E-state index contributed by atoms with van der Waals surface area (Å²) in [7, 11) is 0. The normalized spacial score (nSPS) is 10.5. The summed E-state index contributed by atoms with van der Waals surface area (Å²) in [5, 5.41) is 15.0. The molecular weight excluding hydrogens is 397 g/mol. The van der Waals surface area contributed by atoms with Crippen molar-refractivity contribution in [3.05, 3.63) is 76.4 Å². The number of benzene rings is 2. The van der Waals surface area contributed by atoms with E-state index in [1.807, 2.05) is 0 Å². The van der Waals surface area contributed by atoms with E-state index in [-0.39, 0.29) is 42.8 Å². The second kappa shape index (κ2) is 9.50. The number of ether oxygens (including phenoxy) is 3. The van der Waals surface area contributed by atoms with E-state index >= 15 is 0 Å². The number of carbonyl (C=O) groups is 1. The van der Waals surface area contributed by atoms with E-state index in [0.29, 0.717) is 11.4 Å². The van der Waals surface area contributed by atoms with Crippen LogP contribution in [0.3, 0.4) is 0 Å². The standard InChI is InChI=1S/C20H18FN3O6/c1-2-28-20(25)19-18(30-12-11-29-17-9-3-14(21)4-10-17)13-23(22-19)15-5-7-16(8-6-15)24(26)27/h3-10,13H,2,11-12H2,1H3. The van der Waals surface area contributed by atoms with Crippen LogP contribution in [-0.4, -0.2) is 40.5 Å². The van der Waals surface area contributed by atoms with Crippen LogP contribution in [0.25, 0.3) is 5.69 Å². The largest absolute Gasteiger partial charge is 0.490 e. The Labute approximate surface area is 170 Å². The van der Waals surface area contributed by atoms with Crippen molar-refractivity contribution in [1.29, 1.82) is 0 Å². The van der Waals surface area contributed by atoms with Gasteiger partial charge in [0.05, 0.1) is 23.4 Å². The van der Waals surface area contributed by atoms with Crippen molar-refractivity contribution in [3.8, 4) is 17.2 Å². The Morgan fingerprint density at radius 3 is 2.40 bits per heavy atom. The third-order valence-corrected chi connectivity index (χ3v) is 3.90. The molecule has 0 saturated carbocycles. The number of nitro groups is 1. The average Bonchev–Trinajstić information content (AvgIpc) is 3.17. The number of esters is 1. The molecule has 3 rings (SSSR count). The van der Waals surface area contributed by atoms with Gasteiger partial charge in [0, 0.05) is 12.1 Å². The molecule has 0 spiro atoms. The molecule has 0 bridgehead atoms. The first-order valence-corrected chi connectivity index (χ1v) is 9.00. The van der Waals surface area contributed by atoms with E-state index in [9.17, 15) is 19.3 Å². The second-order valence-electron chi connectivity index (χ2n) is 5.93. The minimum absolute atomic E-state index is 0.0306. The number of hydrogen-bond acceptors (Lipinski definition) is 7. The van der Waals surface area contributed by atoms with Gasteiger partial charge < -0.3 is 14.2 Å². The zero-order chi connectivity index (χ0) is 21.5. The summed E-state index contributed by atoms with van der Waals surface area (Å²) >= 11 is 0. The molecule has 0 N–H and O–H groups in total. The Morgan fingerprint density at radius 2 is 1.77 bits per heavy atom. The first-order valence-electron chi connectivity index (χ1n) is 9.00. The van der Waals surface area contributed by atoms with Crippen LogP contribution in [0, 0.1) is 15.9 Å². The van der Waals surface area contributed by atoms with Crippen LogP contribution in [0.2, 0.25) is 0 Å². The lowest BCUT2D eigenvalue weighted by molar-refractivity contribution is -0.384. The van der Waals surface area contributed by atoms with Gasteiger partial charge in [0.15, 0.2) is 5.75 Å². The van der Waals surface area contributed by atoms with Gasteiger partial charge in [0.25, 0.3) is 5.69 Å². The molecule has 0 aliphatic carbocycles. The number of non-ortho nitro benzene ring substituents is 1. The molecule has 0 radical (unpaired) electrons. The molecule has 1 heterocycles. The van der Waals surface area contributed by atoms with Crippen LogP contribution < -0.4 is 9.47 Å². The number of nitrogens with zero attached hydrogens (tertiary/aromatic N) is 3. The third kappa shape index (κ3) is 5.10. The SMILES string of the molecule is CCOC(=O)c1nn(-c2ccc([N+](=O)[O-])cc2)cc1OCCOc1ccc(F)cc1. The lowest BCUT2D eigenvalue weighted by Crippen LogP contribution is -2.12. The highest BCUT2D eigenvalue weighted by molar-refractivity contribution is 5.90. The van der Waals surface area contributed by atoms with Gasteiger partial charge in [0.2, 0.25) is 5.69 Å². The van der Waals surface area contributed by atoms with Crippen molar-refractivity contribution in [3.63, 3.8) is 0 Å². The quantitative estimate of drug-likeness (QED) is 0.228. The Morgan fingerprint density at radius 1 is 1.10 bits per heavy atom. The summed E-state index contributed by atoms with van der Waals surface area (Å²) in [5.74, 6) is -0.370. The summed E-state index contributed by atoms with van der Waals surface area (Å²) < 4.78 is 30.4. The zero-order valence-electron chi connectivity index (χ0n) is 16.0. The van der Waals surface area contributed by atoms with Crippen molar-refractivity contribution < 1.29 is 28.3 Å². The zero-order valence-corrected chi connectivity index (χ0v) is 16.0. The molecular formula is C20H18FN3O6. The highest BCUT2D eigenvalue weighted by Gasteiger charge is 2.20. The molecule has 2 aromatic carbocycles. The van der Waals surface area contributed by atoms with E-state index in [1.165, 1.54) is 59.4 Å². The van der Waals surface area contributed by atoms with Gasteiger partial charge in [-0.05, 0) is 43.3 Å². The van der Waals surface area contributed by atoms with Crippen molar-refractivity contribution in [2.75, 3.05) is 19.8 Å². The summed E-state index contributed by atoms with van der Waals surface area (Å²) in [4.78, 5) is 22.5. The van der Waals surface area contributed by atoms with E-state index in [1.54, 1.807) is 6.92 Å². The van der Waals surface area contributed by atoms with Crippen molar-refractivity contribution in [2.45, 2.75) is 6.92 Å². The molecule has 10 heteroatoms. The molecule has 9 nitrogen and oxygen atoms in total. The molecule has 0 aliphatic rings. The molecule has 0 fully saturated rings. The highest BCUT2D eigenvalue weighted by atomic mass is 19.1. The lowest BCUT2D eigenvalue weighted by Gasteiger charge is -2.08. The summed E-state index contributed by atoms with van der Waals surface area (Å²) in [5.41, 5.74) is 0.409. The van der Waals surface area contributed by atoms with Crippen LogP contribution in [-0.2, 0) is 4.74 Å². The topological polar surface area (TPSA) is 106 Å². The van der Waals surface area contributed by atoms with Gasteiger partial charge in [-0.25, -0.2) is 13.9 Å². The third-order valence-electron chi connectivity index (χ3n) is 3.90. The van der Waals surface area contributed by atoms with Gasteiger partial charge in [-0.2, -0.15) is 5.10 Å². The van der Waals surface area contributed by atoms with Gasteiger partial charge >= 0.3 is 5.97 Å². The fourth-order valence-electron chi connectivity index (χ4n) is 2.51. The maximum Gasteiger partial charge on any atom is 0.362 e. The summed E-state index contributed by atoms with van der Waals surface area (Å²) in [6.45, 7) is 2.07. The minimum Gasteiger partial charge on any atom is -0.490 e. The molecule has 0 unspecified atom stereocenters. The van der Waals surface area contributed by atoms with Crippen molar-refractivity contribution >= 4 is 11.7 Å². The van der Waals surface area contributed by atoms with E-state index in [4.69, 9.17) is 14.2 Å². The Balaban J connectivity index is 1.72. The molecule has 0 amide bonds. The average molecular weight is 415 g/mol. The van der Waals surface area contributed by atoms with Crippen molar-refractivity contribution in [2.24, 2.45) is 0 Å². The van der Waals surface area contributed by atoms with Crippen LogP contribution in [0.15, 0.2) is 54.7 Å². The number of rotatable bonds is 9. The highest BCUT2D eigenvalue weighted by Crippen LogP contribution is 2.22. The van der Waals surface area contributed by atoms with Gasteiger partial charge in [0.1, 0.15) is 24.8 Å². The first-order chi connectivity index (χ1) is 14.5. The van der Waals surface area contributed by atoms with Crippen molar-refractivity contribution in [1.82, 2.24) is 9.78 Å². The van der Waals surface area contributed by atoms with Crippen LogP contribution in [0.4, 0.5) is 10.1 Å². The molecule has 0 atom stereocenters. The molecule has 0 saturated heterocycles. The second-order valence-corrected chi connectivity index (χ2v) is 5.93. The molecule has 30 heavy (non-hydrogen) atoms. The molecule has 156 valence electrons. The summed E-state index contributed by atoms with van der Waals surface area (Å²) in [6, 6.07) is 11.2. The smallest absolute Gasteiger partial charge is 0.362 e. The van der Waals surface area contributed by atoms with Gasteiger partial charge in [-0.15, -0.1) is 0 Å². The van der Waals surface area contributed by atoms with Gasteiger partial charge in [-0.1, -0.05) is 0 Å². The molecule has 0 aliphatic heterocycles. The predicted molar refractivity (Wildman–Crippen MR) is 104 cm³/mol. The first kappa shape index (κ1) is 20.8. The van der Waals surface area contributed by atoms with E-state index < -0.39 is 10.9 Å². The fraction of sp³-hybridized carbons (Fsp3) is 0.200. The molecule has 3 aromatic rings. The Bertz CT molecular complexity index is 1020. The van der Waals surface area contributed by atoms with Gasteiger partial charge in [-0.3, -0.25) is 10.1 Å². The number of hydrogen-bond donors (Lipinski definition) is 0. The Hall–Kier alpha value is -3.95. The number of halogens is 1. The van der Waals surface area contributed by atoms with Crippen LogP contribution in [0.5, 0.6) is 11.5 Å². The van der Waals surface area contributed by atoms with Crippen LogP contribution >= 0.6 is 0 Å². The number of carbonyl (C=O) groups excluding carboxylic acids is 1. The maximum absolute atomic E-state index is 12.9. The predicted octanol–water partition coefficient (Wildman–Crippen LogP) is 3.55. The fourth-order valence-corrected chi connectivity index (χ4v) is 2.51. The minimum atomic E-state index is -0.660. The number of aromatic nitrogens is 2.